The zero-order chi connectivity index (χ0) is 14.7. The summed E-state index contributed by atoms with van der Waals surface area (Å²) in [5, 5.41) is 1.18. The quantitative estimate of drug-likeness (QED) is 0.859. The maximum Gasteiger partial charge on any atom is 0.131 e. The number of carbonyl (C=O) groups is 1. The molecular weight excluding hydrogens is 260 g/mol. The van der Waals surface area contributed by atoms with E-state index in [2.05, 4.69) is 29.2 Å². The molecule has 3 heteroatoms. The molecule has 0 radical (unpaired) electrons. The van der Waals surface area contributed by atoms with Crippen molar-refractivity contribution in [2.45, 2.75) is 45.2 Å². The number of rotatable bonds is 4. The Balaban J connectivity index is 1.77. The van der Waals surface area contributed by atoms with Gasteiger partial charge in [0.1, 0.15) is 5.78 Å². The Bertz CT molecular complexity index is 638. The summed E-state index contributed by atoms with van der Waals surface area (Å²) < 4.78 is 0. The zero-order valence-corrected chi connectivity index (χ0v) is 12.6. The highest BCUT2D eigenvalue weighted by molar-refractivity contribution is 5.78. The summed E-state index contributed by atoms with van der Waals surface area (Å²) in [6.45, 7) is 3.62. The molecule has 2 aromatic rings. The number of hydrogen-bond acceptors (Lipinski definition) is 3. The van der Waals surface area contributed by atoms with Crippen molar-refractivity contribution in [3.8, 4) is 0 Å². The van der Waals surface area contributed by atoms with Crippen molar-refractivity contribution in [2.75, 3.05) is 6.54 Å². The van der Waals surface area contributed by atoms with Crippen molar-refractivity contribution in [1.82, 2.24) is 9.88 Å². The van der Waals surface area contributed by atoms with Gasteiger partial charge in [-0.05, 0) is 38.4 Å². The van der Waals surface area contributed by atoms with Crippen LogP contribution in [-0.4, -0.2) is 28.3 Å². The molecule has 0 bridgehead atoms. The molecule has 1 aliphatic heterocycles. The van der Waals surface area contributed by atoms with E-state index in [1.54, 1.807) is 6.92 Å². The Hall–Kier alpha value is -1.74. The summed E-state index contributed by atoms with van der Waals surface area (Å²) in [6, 6.07) is 12.9. The lowest BCUT2D eigenvalue weighted by Gasteiger charge is -2.35. The van der Waals surface area contributed by atoms with Gasteiger partial charge in [0, 0.05) is 24.4 Å². The average Bonchev–Trinajstić information content (AvgIpc) is 2.49. The van der Waals surface area contributed by atoms with Crippen LogP contribution in [-0.2, 0) is 11.3 Å². The molecule has 0 N–H and O–H groups in total. The van der Waals surface area contributed by atoms with E-state index in [-0.39, 0.29) is 0 Å². The van der Waals surface area contributed by atoms with Crippen molar-refractivity contribution in [1.29, 1.82) is 0 Å². The van der Waals surface area contributed by atoms with Crippen LogP contribution in [0.2, 0.25) is 0 Å². The number of Topliss-reactive ketones (excluding diaryl/α,β-unsaturated/α-hetero) is 1. The van der Waals surface area contributed by atoms with Crippen molar-refractivity contribution in [2.24, 2.45) is 0 Å². The predicted molar refractivity (Wildman–Crippen MR) is 85.1 cm³/mol. The number of benzene rings is 1. The lowest BCUT2D eigenvalue weighted by Crippen LogP contribution is -2.40. The van der Waals surface area contributed by atoms with Crippen LogP contribution in [0.1, 0.15) is 38.3 Å². The highest BCUT2D eigenvalue weighted by Crippen LogP contribution is 2.22. The van der Waals surface area contributed by atoms with Gasteiger partial charge in [-0.1, -0.05) is 30.7 Å². The van der Waals surface area contributed by atoms with Crippen molar-refractivity contribution >= 4 is 16.7 Å². The predicted octanol–water partition coefficient (Wildman–Crippen LogP) is 3.57. The molecule has 3 nitrogen and oxygen atoms in total. The molecule has 0 spiro atoms. The third-order valence-electron chi connectivity index (χ3n) is 4.29. The average molecular weight is 282 g/mol. The number of likely N-dealkylation sites (tertiary alicyclic amines) is 1. The Morgan fingerprint density at radius 3 is 2.95 bits per heavy atom. The normalized spacial score (nSPS) is 19.8. The third kappa shape index (κ3) is 3.48. The van der Waals surface area contributed by atoms with Crippen LogP contribution in [0.3, 0.4) is 0 Å². The monoisotopic (exact) mass is 282 g/mol. The molecule has 1 aromatic carbocycles. The van der Waals surface area contributed by atoms with Crippen LogP contribution in [0.15, 0.2) is 36.4 Å². The van der Waals surface area contributed by atoms with Crippen molar-refractivity contribution < 1.29 is 4.79 Å². The van der Waals surface area contributed by atoms with Gasteiger partial charge in [-0.3, -0.25) is 14.7 Å². The van der Waals surface area contributed by atoms with E-state index in [0.29, 0.717) is 18.2 Å². The van der Waals surface area contributed by atoms with E-state index in [9.17, 15) is 4.79 Å². The molecular formula is C18H22N2O. The number of carbonyl (C=O) groups excluding carboxylic acids is 1. The van der Waals surface area contributed by atoms with E-state index < -0.39 is 0 Å². The van der Waals surface area contributed by atoms with Crippen LogP contribution < -0.4 is 0 Å². The van der Waals surface area contributed by atoms with E-state index in [0.717, 1.165) is 30.7 Å². The first-order chi connectivity index (χ1) is 10.2. The summed E-state index contributed by atoms with van der Waals surface area (Å²) in [5.41, 5.74) is 2.15. The van der Waals surface area contributed by atoms with Gasteiger partial charge in [0.05, 0.1) is 11.2 Å². The van der Waals surface area contributed by atoms with Gasteiger partial charge in [0.25, 0.3) is 0 Å². The van der Waals surface area contributed by atoms with Crippen LogP contribution >= 0.6 is 0 Å². The van der Waals surface area contributed by atoms with E-state index in [1.165, 1.54) is 18.2 Å². The number of piperidine rings is 1. The summed E-state index contributed by atoms with van der Waals surface area (Å²) in [6.07, 6.45) is 4.27. The molecule has 3 rings (SSSR count). The van der Waals surface area contributed by atoms with E-state index in [1.807, 2.05) is 12.1 Å². The lowest BCUT2D eigenvalue weighted by molar-refractivity contribution is -0.118. The molecule has 1 aliphatic rings. The fraction of sp³-hybridized carbons (Fsp3) is 0.444. The number of ketones is 1. The first-order valence-corrected chi connectivity index (χ1v) is 7.80. The topological polar surface area (TPSA) is 33.2 Å². The second-order valence-corrected chi connectivity index (χ2v) is 6.02. The summed E-state index contributed by atoms with van der Waals surface area (Å²) in [4.78, 5) is 18.6. The van der Waals surface area contributed by atoms with Crippen molar-refractivity contribution in [3.05, 3.63) is 42.1 Å². The zero-order valence-electron chi connectivity index (χ0n) is 12.6. The molecule has 1 unspecified atom stereocenters. The highest BCUT2D eigenvalue weighted by atomic mass is 16.1. The largest absolute Gasteiger partial charge is 0.300 e. The maximum absolute atomic E-state index is 11.4. The summed E-state index contributed by atoms with van der Waals surface area (Å²) in [7, 11) is 0. The van der Waals surface area contributed by atoms with Crippen LogP contribution in [0, 0.1) is 0 Å². The Kier molecular flexibility index (Phi) is 4.30. The Morgan fingerprint density at radius 2 is 2.10 bits per heavy atom. The number of fused-ring (bicyclic) bond motifs is 1. The van der Waals surface area contributed by atoms with Gasteiger partial charge in [-0.2, -0.15) is 0 Å². The molecule has 110 valence electrons. The van der Waals surface area contributed by atoms with Gasteiger partial charge < -0.3 is 0 Å². The minimum Gasteiger partial charge on any atom is -0.300 e. The molecule has 1 fully saturated rings. The molecule has 1 atom stereocenters. The standard InChI is InChI=1S/C18H22N2O/c1-14(21)12-17-7-4-5-11-20(17)13-16-10-9-15-6-2-3-8-18(15)19-16/h2-3,6,8-10,17H,4-5,7,11-13H2,1H3. The van der Waals surface area contributed by atoms with Crippen LogP contribution in [0.25, 0.3) is 10.9 Å². The summed E-state index contributed by atoms with van der Waals surface area (Å²) >= 11 is 0. The van der Waals surface area contributed by atoms with Gasteiger partial charge in [-0.15, -0.1) is 0 Å². The lowest BCUT2D eigenvalue weighted by atomic mass is 9.97. The third-order valence-corrected chi connectivity index (χ3v) is 4.29. The van der Waals surface area contributed by atoms with Crippen LogP contribution in [0.4, 0.5) is 0 Å². The van der Waals surface area contributed by atoms with Gasteiger partial charge >= 0.3 is 0 Å². The second kappa shape index (κ2) is 6.35. The number of nitrogens with zero attached hydrogens (tertiary/aromatic N) is 2. The number of pyridine rings is 1. The molecule has 0 aliphatic carbocycles. The smallest absolute Gasteiger partial charge is 0.131 e. The maximum atomic E-state index is 11.4. The van der Waals surface area contributed by atoms with E-state index >= 15 is 0 Å². The fourth-order valence-corrected chi connectivity index (χ4v) is 3.24. The number of hydrogen-bond donors (Lipinski definition) is 0. The first kappa shape index (κ1) is 14.2. The van der Waals surface area contributed by atoms with E-state index in [4.69, 9.17) is 4.98 Å². The molecule has 2 heterocycles. The fourth-order valence-electron chi connectivity index (χ4n) is 3.24. The molecule has 0 amide bonds. The Morgan fingerprint density at radius 1 is 1.24 bits per heavy atom. The highest BCUT2D eigenvalue weighted by Gasteiger charge is 2.23. The SMILES string of the molecule is CC(=O)CC1CCCCN1Cc1ccc2ccccc2n1. The van der Waals surface area contributed by atoms with Gasteiger partial charge in [0.2, 0.25) is 0 Å². The molecule has 1 aromatic heterocycles. The molecule has 21 heavy (non-hydrogen) atoms. The Labute approximate surface area is 126 Å². The first-order valence-electron chi connectivity index (χ1n) is 7.80. The molecule has 0 saturated carbocycles. The van der Waals surface area contributed by atoms with Crippen LogP contribution in [0.5, 0.6) is 0 Å². The number of aromatic nitrogens is 1. The van der Waals surface area contributed by atoms with Gasteiger partial charge in [0.15, 0.2) is 0 Å². The molecule has 1 saturated heterocycles. The minimum absolute atomic E-state index is 0.290. The second-order valence-electron chi connectivity index (χ2n) is 6.02. The summed E-state index contributed by atoms with van der Waals surface area (Å²) in [5.74, 6) is 0.290. The number of para-hydroxylation sites is 1. The van der Waals surface area contributed by atoms with Crippen molar-refractivity contribution in [3.63, 3.8) is 0 Å². The minimum atomic E-state index is 0.290. The van der Waals surface area contributed by atoms with Gasteiger partial charge in [-0.25, -0.2) is 0 Å².